The first-order valence-electron chi connectivity index (χ1n) is 12.7. The zero-order valence-corrected chi connectivity index (χ0v) is 21.1. The van der Waals surface area contributed by atoms with Crippen LogP contribution in [0, 0.1) is 5.92 Å². The van der Waals surface area contributed by atoms with Crippen molar-refractivity contribution in [3.8, 4) is 0 Å². The van der Waals surface area contributed by atoms with E-state index in [1.165, 1.54) is 0 Å². The fourth-order valence-electron chi connectivity index (χ4n) is 4.48. The minimum Gasteiger partial charge on any atom is -0.445 e. The van der Waals surface area contributed by atoms with Gasteiger partial charge in [0.05, 0.1) is 0 Å². The average Bonchev–Trinajstić information content (AvgIpc) is 2.81. The number of piperidine rings is 1. The smallest absolute Gasteiger partial charge is 0.410 e. The van der Waals surface area contributed by atoms with E-state index in [2.05, 4.69) is 15.1 Å². The van der Waals surface area contributed by atoms with Gasteiger partial charge in [0.2, 0.25) is 0 Å². The molecule has 0 radical (unpaired) electrons. The summed E-state index contributed by atoms with van der Waals surface area (Å²) in [5, 5.41) is 2.83. The number of benzene rings is 1. The Balaban J connectivity index is 1.23. The summed E-state index contributed by atoms with van der Waals surface area (Å²) in [6, 6.07) is 9.82. The highest BCUT2D eigenvalue weighted by atomic mass is 16.6. The summed E-state index contributed by atoms with van der Waals surface area (Å²) in [5.74, 6) is 0.641. The lowest BCUT2D eigenvalue weighted by Crippen LogP contribution is -2.49. The second-order valence-electron chi connectivity index (χ2n) is 10.4. The highest BCUT2D eigenvalue weighted by Crippen LogP contribution is 2.20. The molecule has 34 heavy (non-hydrogen) atoms. The molecule has 0 unspecified atom stereocenters. The molecule has 1 aromatic rings. The minimum absolute atomic E-state index is 0.197. The number of hydrogen-bond donors (Lipinski definition) is 1. The number of nitrogens with one attached hydrogen (secondary N) is 1. The van der Waals surface area contributed by atoms with E-state index < -0.39 is 5.60 Å². The highest BCUT2D eigenvalue weighted by Gasteiger charge is 2.26. The molecule has 1 aromatic carbocycles. The lowest BCUT2D eigenvalue weighted by Gasteiger charge is -2.38. The SMILES string of the molecule is CC(C)(C)OC(=O)NCCCN1CCN(CC2CCN(C(=O)OCc3ccccc3)CC2)CC1. The third kappa shape index (κ3) is 9.50. The number of likely N-dealkylation sites (tertiary alicyclic amines) is 1. The maximum atomic E-state index is 12.4. The van der Waals surface area contributed by atoms with Crippen LogP contribution in [0.25, 0.3) is 0 Å². The number of carbonyl (C=O) groups is 2. The van der Waals surface area contributed by atoms with Crippen LogP contribution in [0.15, 0.2) is 30.3 Å². The summed E-state index contributed by atoms with van der Waals surface area (Å²) in [7, 11) is 0. The predicted molar refractivity (Wildman–Crippen MR) is 133 cm³/mol. The molecule has 1 N–H and O–H groups in total. The third-order valence-corrected chi connectivity index (χ3v) is 6.38. The summed E-state index contributed by atoms with van der Waals surface area (Å²) in [6.45, 7) is 14.6. The van der Waals surface area contributed by atoms with Gasteiger partial charge in [-0.2, -0.15) is 0 Å². The standard InChI is InChI=1S/C26H42N4O4/c1-26(2,3)34-24(31)27-12-7-13-28-16-18-29(19-17-28)20-22-10-14-30(15-11-22)25(32)33-21-23-8-5-4-6-9-23/h4-6,8-9,22H,7,10-21H2,1-3H3,(H,27,31). The third-order valence-electron chi connectivity index (χ3n) is 6.38. The van der Waals surface area contributed by atoms with Crippen LogP contribution in [0.4, 0.5) is 9.59 Å². The molecule has 0 aliphatic carbocycles. The molecule has 8 nitrogen and oxygen atoms in total. The topological polar surface area (TPSA) is 74.4 Å². The molecule has 8 heteroatoms. The molecular weight excluding hydrogens is 432 g/mol. The van der Waals surface area contributed by atoms with Crippen LogP contribution in [0.2, 0.25) is 0 Å². The molecule has 0 spiro atoms. The molecule has 2 aliphatic heterocycles. The number of rotatable bonds is 8. The molecule has 190 valence electrons. The zero-order chi connectivity index (χ0) is 24.4. The quantitative estimate of drug-likeness (QED) is 0.581. The summed E-state index contributed by atoms with van der Waals surface area (Å²) in [4.78, 5) is 31.0. The summed E-state index contributed by atoms with van der Waals surface area (Å²) >= 11 is 0. The molecule has 2 saturated heterocycles. The van der Waals surface area contributed by atoms with Crippen molar-refractivity contribution in [2.75, 3.05) is 58.9 Å². The first kappa shape index (κ1) is 26.3. The van der Waals surface area contributed by atoms with Crippen molar-refractivity contribution in [1.29, 1.82) is 0 Å². The largest absolute Gasteiger partial charge is 0.445 e. The van der Waals surface area contributed by atoms with Gasteiger partial charge in [-0.3, -0.25) is 0 Å². The van der Waals surface area contributed by atoms with Crippen molar-refractivity contribution >= 4 is 12.2 Å². The molecular formula is C26H42N4O4. The number of piperazine rings is 1. The highest BCUT2D eigenvalue weighted by molar-refractivity contribution is 5.68. The maximum Gasteiger partial charge on any atom is 0.410 e. The number of nitrogens with zero attached hydrogens (tertiary/aromatic N) is 3. The van der Waals surface area contributed by atoms with Crippen molar-refractivity contribution in [2.45, 2.75) is 52.2 Å². The van der Waals surface area contributed by atoms with Crippen LogP contribution in [0.5, 0.6) is 0 Å². The fraction of sp³-hybridized carbons (Fsp3) is 0.692. The molecule has 0 bridgehead atoms. The van der Waals surface area contributed by atoms with Crippen molar-refractivity contribution in [3.63, 3.8) is 0 Å². The second kappa shape index (κ2) is 13.0. The molecule has 2 heterocycles. The Morgan fingerprint density at radius 1 is 0.971 bits per heavy atom. The van der Waals surface area contributed by atoms with E-state index in [1.54, 1.807) is 0 Å². The van der Waals surface area contributed by atoms with Crippen LogP contribution in [-0.2, 0) is 16.1 Å². The first-order valence-corrected chi connectivity index (χ1v) is 12.7. The number of carbonyl (C=O) groups excluding carboxylic acids is 2. The van der Waals surface area contributed by atoms with Crippen LogP contribution in [0.3, 0.4) is 0 Å². The van der Waals surface area contributed by atoms with Gasteiger partial charge in [0, 0.05) is 52.4 Å². The van der Waals surface area contributed by atoms with Crippen LogP contribution in [-0.4, -0.2) is 91.4 Å². The lowest BCUT2D eigenvalue weighted by atomic mass is 9.96. The second-order valence-corrected chi connectivity index (χ2v) is 10.4. The summed E-state index contributed by atoms with van der Waals surface area (Å²) in [6.07, 6.45) is 2.47. The van der Waals surface area contributed by atoms with E-state index in [1.807, 2.05) is 56.0 Å². The van der Waals surface area contributed by atoms with Gasteiger partial charge in [-0.05, 0) is 58.1 Å². The van der Waals surface area contributed by atoms with E-state index in [0.29, 0.717) is 19.1 Å². The molecule has 0 atom stereocenters. The average molecular weight is 475 g/mol. The van der Waals surface area contributed by atoms with Crippen molar-refractivity contribution < 1.29 is 19.1 Å². The number of amides is 2. The van der Waals surface area contributed by atoms with E-state index in [4.69, 9.17) is 9.47 Å². The van der Waals surface area contributed by atoms with E-state index in [9.17, 15) is 9.59 Å². The van der Waals surface area contributed by atoms with Crippen LogP contribution < -0.4 is 5.32 Å². The fourth-order valence-corrected chi connectivity index (χ4v) is 4.48. The van der Waals surface area contributed by atoms with Gasteiger partial charge < -0.3 is 29.5 Å². The molecule has 3 rings (SSSR count). The van der Waals surface area contributed by atoms with Crippen molar-refractivity contribution in [1.82, 2.24) is 20.0 Å². The lowest BCUT2D eigenvalue weighted by molar-refractivity contribution is 0.0523. The van der Waals surface area contributed by atoms with Gasteiger partial charge in [-0.1, -0.05) is 30.3 Å². The molecule has 2 fully saturated rings. The number of alkyl carbamates (subject to hydrolysis) is 1. The Bertz CT molecular complexity index is 752. The Kier molecular flexibility index (Phi) is 10.0. The molecule has 2 amide bonds. The normalized spacial score (nSPS) is 18.5. The molecule has 2 aliphatic rings. The number of ether oxygens (including phenoxy) is 2. The van der Waals surface area contributed by atoms with Crippen LogP contribution >= 0.6 is 0 Å². The van der Waals surface area contributed by atoms with Gasteiger partial charge in [0.25, 0.3) is 0 Å². The first-order chi connectivity index (χ1) is 16.3. The Labute approximate surface area is 204 Å². The monoisotopic (exact) mass is 474 g/mol. The van der Waals surface area contributed by atoms with Gasteiger partial charge in [0.1, 0.15) is 12.2 Å². The Morgan fingerprint density at radius 2 is 1.62 bits per heavy atom. The Hall–Kier alpha value is -2.32. The summed E-state index contributed by atoms with van der Waals surface area (Å²) in [5.41, 5.74) is 0.562. The maximum absolute atomic E-state index is 12.4. The minimum atomic E-state index is -0.456. The van der Waals surface area contributed by atoms with Crippen molar-refractivity contribution in [2.24, 2.45) is 5.92 Å². The summed E-state index contributed by atoms with van der Waals surface area (Å²) < 4.78 is 10.7. The van der Waals surface area contributed by atoms with Gasteiger partial charge >= 0.3 is 12.2 Å². The van der Waals surface area contributed by atoms with E-state index >= 15 is 0 Å². The van der Waals surface area contributed by atoms with E-state index in [-0.39, 0.29) is 12.2 Å². The number of hydrogen-bond acceptors (Lipinski definition) is 6. The zero-order valence-electron chi connectivity index (χ0n) is 21.1. The van der Waals surface area contributed by atoms with E-state index in [0.717, 1.165) is 77.2 Å². The van der Waals surface area contributed by atoms with Crippen molar-refractivity contribution in [3.05, 3.63) is 35.9 Å². The predicted octanol–water partition coefficient (Wildman–Crippen LogP) is 3.57. The van der Waals surface area contributed by atoms with Crippen LogP contribution in [0.1, 0.15) is 45.6 Å². The molecule has 0 aromatic heterocycles. The molecule has 0 saturated carbocycles. The van der Waals surface area contributed by atoms with Gasteiger partial charge in [-0.25, -0.2) is 9.59 Å². The van der Waals surface area contributed by atoms with Gasteiger partial charge in [-0.15, -0.1) is 0 Å². The Morgan fingerprint density at radius 3 is 2.26 bits per heavy atom. The van der Waals surface area contributed by atoms with Gasteiger partial charge in [0.15, 0.2) is 0 Å².